The molecular formula is C14H18N2O4S2. The number of nitrogens with one attached hydrogen (secondary N) is 2. The average Bonchev–Trinajstić information content (AvgIpc) is 2.76. The molecule has 1 saturated heterocycles. The third kappa shape index (κ3) is 5.34. The van der Waals surface area contributed by atoms with E-state index >= 15 is 0 Å². The van der Waals surface area contributed by atoms with E-state index in [1.807, 2.05) is 12.1 Å². The zero-order valence-corrected chi connectivity index (χ0v) is 13.8. The Hall–Kier alpha value is -1.54. The topological polar surface area (TPSA) is 92.3 Å². The third-order valence-corrected chi connectivity index (χ3v) is 5.92. The molecule has 6 nitrogen and oxygen atoms in total. The summed E-state index contributed by atoms with van der Waals surface area (Å²) in [6, 6.07) is 6.92. The fourth-order valence-electron chi connectivity index (χ4n) is 2.16. The molecule has 0 spiro atoms. The molecule has 2 N–H and O–H groups in total. The highest BCUT2D eigenvalue weighted by atomic mass is 32.2. The highest BCUT2D eigenvalue weighted by Crippen LogP contribution is 2.20. The lowest BCUT2D eigenvalue weighted by molar-refractivity contribution is -0.119. The summed E-state index contributed by atoms with van der Waals surface area (Å²) in [5.41, 5.74) is 0.706. The number of sulfone groups is 1. The van der Waals surface area contributed by atoms with Gasteiger partial charge in [0.05, 0.1) is 17.3 Å². The molecule has 1 heterocycles. The van der Waals surface area contributed by atoms with Crippen molar-refractivity contribution in [3.63, 3.8) is 0 Å². The van der Waals surface area contributed by atoms with Gasteiger partial charge in [-0.3, -0.25) is 9.59 Å². The Morgan fingerprint density at radius 2 is 1.95 bits per heavy atom. The van der Waals surface area contributed by atoms with Gasteiger partial charge in [0.25, 0.3) is 0 Å². The van der Waals surface area contributed by atoms with Crippen LogP contribution in [0.15, 0.2) is 29.2 Å². The SMILES string of the molecule is CC(=O)Nc1ccc(SCC(=O)N[C@H]2CCS(=O)(=O)C2)cc1. The molecule has 0 saturated carbocycles. The fourth-order valence-corrected chi connectivity index (χ4v) is 4.55. The second-order valence-electron chi connectivity index (χ2n) is 5.16. The van der Waals surface area contributed by atoms with Crippen molar-refractivity contribution in [3.05, 3.63) is 24.3 Å². The van der Waals surface area contributed by atoms with E-state index in [2.05, 4.69) is 10.6 Å². The van der Waals surface area contributed by atoms with Crippen LogP contribution >= 0.6 is 11.8 Å². The number of thioether (sulfide) groups is 1. The van der Waals surface area contributed by atoms with Crippen molar-refractivity contribution in [2.45, 2.75) is 24.3 Å². The summed E-state index contributed by atoms with van der Waals surface area (Å²) in [5.74, 6) is 0.116. The van der Waals surface area contributed by atoms with Crippen LogP contribution < -0.4 is 10.6 Å². The highest BCUT2D eigenvalue weighted by Gasteiger charge is 2.28. The summed E-state index contributed by atoms with van der Waals surface area (Å²) in [6.45, 7) is 1.44. The van der Waals surface area contributed by atoms with Crippen LogP contribution in [0.5, 0.6) is 0 Å². The highest BCUT2D eigenvalue weighted by molar-refractivity contribution is 8.00. The molecule has 0 aromatic heterocycles. The van der Waals surface area contributed by atoms with E-state index in [1.54, 1.807) is 12.1 Å². The Balaban J connectivity index is 1.77. The van der Waals surface area contributed by atoms with Crippen molar-refractivity contribution in [1.29, 1.82) is 0 Å². The van der Waals surface area contributed by atoms with Crippen LogP contribution in [0, 0.1) is 0 Å². The van der Waals surface area contributed by atoms with Crippen LogP contribution in [0.4, 0.5) is 5.69 Å². The van der Waals surface area contributed by atoms with Crippen LogP contribution in [0.2, 0.25) is 0 Å². The van der Waals surface area contributed by atoms with Gasteiger partial charge >= 0.3 is 0 Å². The molecule has 2 amide bonds. The predicted molar refractivity (Wildman–Crippen MR) is 86.7 cm³/mol. The molecule has 1 atom stereocenters. The van der Waals surface area contributed by atoms with Crippen molar-refractivity contribution >= 4 is 39.1 Å². The molecule has 0 bridgehead atoms. The maximum absolute atomic E-state index is 11.8. The van der Waals surface area contributed by atoms with Gasteiger partial charge in [-0.2, -0.15) is 0 Å². The molecule has 8 heteroatoms. The summed E-state index contributed by atoms with van der Waals surface area (Å²) < 4.78 is 22.6. The standard InChI is InChI=1S/C14H18N2O4S2/c1-10(17)15-11-2-4-13(5-3-11)21-8-14(18)16-12-6-7-22(19,20)9-12/h2-5,12H,6-9H2,1H3,(H,15,17)(H,16,18)/t12-/m0/s1. The number of carbonyl (C=O) groups is 2. The normalized spacial score (nSPS) is 19.6. The molecule has 0 aliphatic carbocycles. The monoisotopic (exact) mass is 342 g/mol. The molecule has 1 aliphatic rings. The third-order valence-electron chi connectivity index (χ3n) is 3.14. The summed E-state index contributed by atoms with van der Waals surface area (Å²) in [7, 11) is -2.98. The number of anilines is 1. The number of carbonyl (C=O) groups excluding carboxylic acids is 2. The minimum atomic E-state index is -2.98. The largest absolute Gasteiger partial charge is 0.352 e. The van der Waals surface area contributed by atoms with Crippen LogP contribution in [-0.2, 0) is 19.4 Å². The Bertz CT molecular complexity index is 656. The van der Waals surface area contributed by atoms with Crippen molar-refractivity contribution in [2.24, 2.45) is 0 Å². The van der Waals surface area contributed by atoms with Crippen molar-refractivity contribution in [1.82, 2.24) is 5.32 Å². The van der Waals surface area contributed by atoms with Gasteiger partial charge in [0.15, 0.2) is 9.84 Å². The first-order chi connectivity index (χ1) is 10.3. The molecule has 2 rings (SSSR count). The van der Waals surface area contributed by atoms with E-state index in [4.69, 9.17) is 0 Å². The molecule has 1 fully saturated rings. The number of rotatable bonds is 5. The van der Waals surface area contributed by atoms with Gasteiger partial charge in [-0.25, -0.2) is 8.42 Å². The summed E-state index contributed by atoms with van der Waals surface area (Å²) in [6.07, 6.45) is 0.490. The summed E-state index contributed by atoms with van der Waals surface area (Å²) >= 11 is 1.37. The second-order valence-corrected chi connectivity index (χ2v) is 8.44. The van der Waals surface area contributed by atoms with Gasteiger partial charge < -0.3 is 10.6 Å². The van der Waals surface area contributed by atoms with Crippen LogP contribution in [-0.4, -0.2) is 43.5 Å². The minimum absolute atomic E-state index is 0.0365. The Morgan fingerprint density at radius 3 is 2.50 bits per heavy atom. The summed E-state index contributed by atoms with van der Waals surface area (Å²) in [5, 5.41) is 5.41. The van der Waals surface area contributed by atoms with Gasteiger partial charge in [0.1, 0.15) is 0 Å². The van der Waals surface area contributed by atoms with E-state index < -0.39 is 9.84 Å². The maximum Gasteiger partial charge on any atom is 0.230 e. The predicted octanol–water partition coefficient (Wildman–Crippen LogP) is 1.04. The molecule has 22 heavy (non-hydrogen) atoms. The van der Waals surface area contributed by atoms with Gasteiger partial charge in [-0.1, -0.05) is 0 Å². The van der Waals surface area contributed by atoms with Crippen LogP contribution in [0.3, 0.4) is 0 Å². The van der Waals surface area contributed by atoms with Gasteiger partial charge in [-0.15, -0.1) is 11.8 Å². The first-order valence-electron chi connectivity index (χ1n) is 6.84. The van der Waals surface area contributed by atoms with E-state index in [9.17, 15) is 18.0 Å². The van der Waals surface area contributed by atoms with E-state index in [-0.39, 0.29) is 35.1 Å². The molecule has 1 aliphatic heterocycles. The number of benzene rings is 1. The Morgan fingerprint density at radius 1 is 1.27 bits per heavy atom. The van der Waals surface area contributed by atoms with Crippen molar-refractivity contribution in [2.75, 3.05) is 22.6 Å². The lowest BCUT2D eigenvalue weighted by Crippen LogP contribution is -2.36. The first kappa shape index (κ1) is 16.8. The first-order valence-corrected chi connectivity index (χ1v) is 9.65. The van der Waals surface area contributed by atoms with Crippen molar-refractivity contribution in [3.8, 4) is 0 Å². The molecule has 120 valence electrons. The fraction of sp³-hybridized carbons (Fsp3) is 0.429. The number of hydrogen-bond donors (Lipinski definition) is 2. The Kier molecular flexibility index (Phi) is 5.47. The lowest BCUT2D eigenvalue weighted by atomic mass is 10.3. The zero-order valence-electron chi connectivity index (χ0n) is 12.2. The molecule has 1 aromatic carbocycles. The van der Waals surface area contributed by atoms with Gasteiger partial charge in [0, 0.05) is 23.5 Å². The van der Waals surface area contributed by atoms with Crippen LogP contribution in [0.1, 0.15) is 13.3 Å². The van der Waals surface area contributed by atoms with E-state index in [1.165, 1.54) is 18.7 Å². The van der Waals surface area contributed by atoms with E-state index in [0.29, 0.717) is 12.1 Å². The zero-order chi connectivity index (χ0) is 16.2. The van der Waals surface area contributed by atoms with Gasteiger partial charge in [-0.05, 0) is 30.7 Å². The molecule has 0 radical (unpaired) electrons. The van der Waals surface area contributed by atoms with E-state index in [0.717, 1.165) is 4.90 Å². The molecule has 0 unspecified atom stereocenters. The minimum Gasteiger partial charge on any atom is -0.352 e. The quantitative estimate of drug-likeness (QED) is 0.780. The smallest absolute Gasteiger partial charge is 0.230 e. The average molecular weight is 342 g/mol. The Labute approximate surface area is 134 Å². The van der Waals surface area contributed by atoms with Crippen LogP contribution in [0.25, 0.3) is 0 Å². The second kappa shape index (κ2) is 7.15. The summed E-state index contributed by atoms with van der Waals surface area (Å²) in [4.78, 5) is 23.6. The lowest BCUT2D eigenvalue weighted by Gasteiger charge is -2.10. The van der Waals surface area contributed by atoms with Crippen molar-refractivity contribution < 1.29 is 18.0 Å². The number of hydrogen-bond acceptors (Lipinski definition) is 5. The number of amides is 2. The molecule has 1 aromatic rings. The maximum atomic E-state index is 11.8. The molecular weight excluding hydrogens is 324 g/mol. The van der Waals surface area contributed by atoms with Gasteiger partial charge in [0.2, 0.25) is 11.8 Å².